The van der Waals surface area contributed by atoms with Crippen LogP contribution in [0.5, 0.6) is 0 Å². The topological polar surface area (TPSA) is 163 Å². The Hall–Kier alpha value is -4.35. The summed E-state index contributed by atoms with van der Waals surface area (Å²) < 4.78 is 10.8. The standard InChI is InChI=1S/C27H35N7O5/c1-26(2,3)38-20(35)13-12-18(25(37)39-27(4,5)6)32-24(36)16-8-10-17(11-9-16)34(7)19-14-29-23-21(33-19)22(28)30-15-31-23/h8-11,14-15,18H,12-13H2,1-7H3,(H,32,36)(H2,28,29,30,31)/t18-/m0/s1. The molecule has 12 heteroatoms. The van der Waals surface area contributed by atoms with Crippen LogP contribution in [0.1, 0.15) is 64.7 Å². The molecule has 0 aliphatic rings. The summed E-state index contributed by atoms with van der Waals surface area (Å²) >= 11 is 0. The fourth-order valence-corrected chi connectivity index (χ4v) is 3.50. The van der Waals surface area contributed by atoms with Gasteiger partial charge >= 0.3 is 11.9 Å². The molecule has 0 radical (unpaired) electrons. The van der Waals surface area contributed by atoms with Crippen LogP contribution in [0, 0.1) is 0 Å². The van der Waals surface area contributed by atoms with Crippen LogP contribution in [0.4, 0.5) is 17.3 Å². The number of nitrogens with two attached hydrogens (primary N) is 1. The lowest BCUT2D eigenvalue weighted by Crippen LogP contribution is -2.44. The SMILES string of the molecule is CN(c1ccc(C(=O)N[C@@H](CCC(=O)OC(C)(C)C)C(=O)OC(C)(C)C)cc1)c1cnc2ncnc(N)c2n1. The number of carbonyl (C=O) groups excluding carboxylic acids is 3. The highest BCUT2D eigenvalue weighted by atomic mass is 16.6. The summed E-state index contributed by atoms with van der Waals surface area (Å²) in [7, 11) is 1.79. The van der Waals surface area contributed by atoms with Crippen LogP contribution < -0.4 is 16.0 Å². The normalized spacial score (nSPS) is 12.5. The molecule has 3 aromatic rings. The summed E-state index contributed by atoms with van der Waals surface area (Å²) in [5.41, 5.74) is 6.30. The van der Waals surface area contributed by atoms with E-state index in [4.69, 9.17) is 15.2 Å². The molecule has 39 heavy (non-hydrogen) atoms. The zero-order valence-electron chi connectivity index (χ0n) is 23.3. The second-order valence-electron chi connectivity index (χ2n) is 10.9. The minimum Gasteiger partial charge on any atom is -0.460 e. The number of rotatable bonds is 8. The molecule has 1 atom stereocenters. The number of anilines is 3. The molecule has 0 spiro atoms. The molecule has 12 nitrogen and oxygen atoms in total. The van der Waals surface area contributed by atoms with Gasteiger partial charge in [-0.2, -0.15) is 0 Å². The Balaban J connectivity index is 1.73. The third-order valence-electron chi connectivity index (χ3n) is 5.27. The number of nitrogens with zero attached hydrogens (tertiary/aromatic N) is 5. The molecule has 3 N–H and O–H groups in total. The first kappa shape index (κ1) is 29.2. The molecule has 2 aromatic heterocycles. The summed E-state index contributed by atoms with van der Waals surface area (Å²) in [4.78, 5) is 56.6. The third kappa shape index (κ3) is 8.32. The number of fused-ring (bicyclic) bond motifs is 1. The lowest BCUT2D eigenvalue weighted by molar-refractivity contribution is -0.158. The Morgan fingerprint density at radius 3 is 2.23 bits per heavy atom. The largest absolute Gasteiger partial charge is 0.460 e. The minimum absolute atomic E-state index is 0.0316. The molecular weight excluding hydrogens is 502 g/mol. The molecule has 1 aromatic carbocycles. The minimum atomic E-state index is -1.04. The lowest BCUT2D eigenvalue weighted by atomic mass is 10.1. The number of hydrogen-bond donors (Lipinski definition) is 2. The van der Waals surface area contributed by atoms with Crippen LogP contribution in [0.3, 0.4) is 0 Å². The van der Waals surface area contributed by atoms with Gasteiger partial charge in [0.15, 0.2) is 22.8 Å². The van der Waals surface area contributed by atoms with Gasteiger partial charge in [-0.3, -0.25) is 9.59 Å². The Morgan fingerprint density at radius 1 is 0.974 bits per heavy atom. The van der Waals surface area contributed by atoms with E-state index in [2.05, 4.69) is 25.3 Å². The fourth-order valence-electron chi connectivity index (χ4n) is 3.50. The van der Waals surface area contributed by atoms with Gasteiger partial charge in [-0.1, -0.05) is 0 Å². The molecule has 0 saturated carbocycles. The van der Waals surface area contributed by atoms with Gasteiger partial charge in [-0.05, 0) is 72.2 Å². The molecule has 1 amide bonds. The van der Waals surface area contributed by atoms with Crippen molar-refractivity contribution < 1.29 is 23.9 Å². The van der Waals surface area contributed by atoms with E-state index in [9.17, 15) is 14.4 Å². The Labute approximate surface area is 227 Å². The van der Waals surface area contributed by atoms with E-state index in [0.717, 1.165) is 5.69 Å². The maximum absolute atomic E-state index is 13.0. The summed E-state index contributed by atoms with van der Waals surface area (Å²) in [6.45, 7) is 10.5. The summed E-state index contributed by atoms with van der Waals surface area (Å²) in [6, 6.07) is 5.66. The molecule has 0 fully saturated rings. The average molecular weight is 538 g/mol. The second-order valence-corrected chi connectivity index (χ2v) is 10.9. The second kappa shape index (κ2) is 11.6. The van der Waals surface area contributed by atoms with Crippen LogP contribution in [0.25, 0.3) is 11.2 Å². The third-order valence-corrected chi connectivity index (χ3v) is 5.27. The number of amides is 1. The molecule has 0 bridgehead atoms. The van der Waals surface area contributed by atoms with Crippen molar-refractivity contribution in [2.24, 2.45) is 0 Å². The smallest absolute Gasteiger partial charge is 0.329 e. The van der Waals surface area contributed by atoms with Crippen molar-refractivity contribution in [2.75, 3.05) is 17.7 Å². The van der Waals surface area contributed by atoms with Gasteiger partial charge in [0.25, 0.3) is 5.91 Å². The van der Waals surface area contributed by atoms with Gasteiger partial charge in [0.1, 0.15) is 23.6 Å². The summed E-state index contributed by atoms with van der Waals surface area (Å²) in [5.74, 6) is -0.856. The maximum atomic E-state index is 13.0. The van der Waals surface area contributed by atoms with Crippen LogP contribution in [-0.2, 0) is 19.1 Å². The van der Waals surface area contributed by atoms with Crippen LogP contribution in [0.2, 0.25) is 0 Å². The molecule has 0 saturated heterocycles. The average Bonchev–Trinajstić information content (AvgIpc) is 2.84. The van der Waals surface area contributed by atoms with Gasteiger partial charge in [0.2, 0.25) is 0 Å². The van der Waals surface area contributed by atoms with Crippen molar-refractivity contribution in [1.82, 2.24) is 25.3 Å². The molecular formula is C27H35N7O5. The Kier molecular flexibility index (Phi) is 8.68. The van der Waals surface area contributed by atoms with Gasteiger partial charge < -0.3 is 25.4 Å². The van der Waals surface area contributed by atoms with E-state index in [1.54, 1.807) is 84.0 Å². The predicted molar refractivity (Wildman–Crippen MR) is 146 cm³/mol. The number of nitrogen functional groups attached to an aromatic ring is 1. The van der Waals surface area contributed by atoms with E-state index in [0.29, 0.717) is 22.5 Å². The highest BCUT2D eigenvalue weighted by Crippen LogP contribution is 2.24. The monoisotopic (exact) mass is 537 g/mol. The van der Waals surface area contributed by atoms with Crippen LogP contribution >= 0.6 is 0 Å². The van der Waals surface area contributed by atoms with E-state index < -0.39 is 35.1 Å². The number of benzene rings is 1. The number of carbonyl (C=O) groups is 3. The molecule has 0 aliphatic heterocycles. The summed E-state index contributed by atoms with van der Waals surface area (Å²) in [6.07, 6.45) is 2.85. The van der Waals surface area contributed by atoms with E-state index in [-0.39, 0.29) is 18.7 Å². The van der Waals surface area contributed by atoms with Crippen LogP contribution in [-0.4, -0.2) is 62.1 Å². The number of esters is 2. The quantitative estimate of drug-likeness (QED) is 0.405. The highest BCUT2D eigenvalue weighted by Gasteiger charge is 2.28. The number of ether oxygens (including phenoxy) is 2. The van der Waals surface area contributed by atoms with Crippen molar-refractivity contribution in [3.05, 3.63) is 42.4 Å². The predicted octanol–water partition coefficient (Wildman–Crippen LogP) is 3.33. The highest BCUT2D eigenvalue weighted by molar-refractivity contribution is 5.97. The van der Waals surface area contributed by atoms with Crippen molar-refractivity contribution >= 4 is 46.3 Å². The van der Waals surface area contributed by atoms with Crippen LogP contribution in [0.15, 0.2) is 36.8 Å². The van der Waals surface area contributed by atoms with Crippen molar-refractivity contribution in [2.45, 2.75) is 71.6 Å². The maximum Gasteiger partial charge on any atom is 0.329 e. The fraction of sp³-hybridized carbons (Fsp3) is 0.444. The number of aromatic nitrogens is 4. The van der Waals surface area contributed by atoms with Gasteiger partial charge in [0, 0.05) is 24.7 Å². The zero-order valence-corrected chi connectivity index (χ0v) is 23.3. The van der Waals surface area contributed by atoms with E-state index in [1.807, 2.05) is 0 Å². The zero-order chi connectivity index (χ0) is 29.0. The lowest BCUT2D eigenvalue weighted by Gasteiger charge is -2.25. The first-order chi connectivity index (χ1) is 18.1. The molecule has 208 valence electrons. The van der Waals surface area contributed by atoms with Crippen molar-refractivity contribution in [3.8, 4) is 0 Å². The van der Waals surface area contributed by atoms with Gasteiger partial charge in [-0.15, -0.1) is 0 Å². The Morgan fingerprint density at radius 2 is 1.62 bits per heavy atom. The molecule has 0 aliphatic carbocycles. The van der Waals surface area contributed by atoms with Gasteiger partial charge in [-0.25, -0.2) is 24.7 Å². The number of hydrogen-bond acceptors (Lipinski definition) is 11. The molecule has 3 rings (SSSR count). The van der Waals surface area contributed by atoms with E-state index in [1.165, 1.54) is 6.33 Å². The van der Waals surface area contributed by atoms with E-state index >= 15 is 0 Å². The first-order valence-corrected chi connectivity index (χ1v) is 12.5. The van der Waals surface area contributed by atoms with Crippen molar-refractivity contribution in [3.63, 3.8) is 0 Å². The Bertz CT molecular complexity index is 1350. The number of nitrogens with one attached hydrogen (secondary N) is 1. The molecule has 0 unspecified atom stereocenters. The first-order valence-electron chi connectivity index (χ1n) is 12.5. The summed E-state index contributed by atoms with van der Waals surface area (Å²) in [5, 5.41) is 2.70. The van der Waals surface area contributed by atoms with Gasteiger partial charge in [0.05, 0.1) is 6.20 Å². The van der Waals surface area contributed by atoms with Crippen molar-refractivity contribution in [1.29, 1.82) is 0 Å². The molecule has 2 heterocycles.